The Morgan fingerprint density at radius 1 is 1.50 bits per heavy atom. The van der Waals surface area contributed by atoms with Gasteiger partial charge in [0.25, 0.3) is 0 Å². The Labute approximate surface area is 87.8 Å². The van der Waals surface area contributed by atoms with E-state index in [-0.39, 0.29) is 0 Å². The van der Waals surface area contributed by atoms with Crippen molar-refractivity contribution in [3.8, 4) is 12.3 Å². The minimum absolute atomic E-state index is 0.460. The highest BCUT2D eigenvalue weighted by Gasteiger charge is 2.35. The van der Waals surface area contributed by atoms with E-state index in [0.717, 1.165) is 26.2 Å². The molecule has 1 fully saturated rings. The topological polar surface area (TPSA) is 29.3 Å². The molecule has 0 amide bonds. The second-order valence-electron chi connectivity index (χ2n) is 4.38. The molecular weight excluding hydrogens is 172 g/mol. The van der Waals surface area contributed by atoms with E-state index in [2.05, 4.69) is 17.7 Å². The van der Waals surface area contributed by atoms with Gasteiger partial charge in [-0.2, -0.15) is 0 Å². The van der Waals surface area contributed by atoms with Crippen molar-refractivity contribution >= 4 is 0 Å². The number of hydrogen-bond acceptors (Lipinski definition) is 2. The van der Waals surface area contributed by atoms with Crippen molar-refractivity contribution in [3.63, 3.8) is 0 Å². The molecule has 0 atom stereocenters. The average molecular weight is 194 g/mol. The largest absolute Gasteiger partial charge is 0.330 e. The lowest BCUT2D eigenvalue weighted by atomic mass is 9.66. The first-order chi connectivity index (χ1) is 6.76. The molecule has 0 heterocycles. The lowest BCUT2D eigenvalue weighted by Crippen LogP contribution is -2.40. The van der Waals surface area contributed by atoms with Gasteiger partial charge in [0.15, 0.2) is 0 Å². The van der Waals surface area contributed by atoms with E-state index in [1.807, 2.05) is 0 Å². The highest BCUT2D eigenvalue weighted by Crippen LogP contribution is 2.42. The fraction of sp³-hybridized carbons (Fsp3) is 0.833. The summed E-state index contributed by atoms with van der Waals surface area (Å²) >= 11 is 0. The molecule has 1 rings (SSSR count). The van der Waals surface area contributed by atoms with Crippen molar-refractivity contribution in [1.82, 2.24) is 4.90 Å². The van der Waals surface area contributed by atoms with Crippen LogP contribution in [0, 0.1) is 17.8 Å². The third kappa shape index (κ3) is 2.73. The number of terminal acetylenes is 1. The molecule has 0 aromatic rings. The van der Waals surface area contributed by atoms with Crippen LogP contribution in [0.2, 0.25) is 0 Å². The predicted octanol–water partition coefficient (Wildman–Crippen LogP) is 1.46. The summed E-state index contributed by atoms with van der Waals surface area (Å²) in [5, 5.41) is 0. The van der Waals surface area contributed by atoms with Crippen LogP contribution in [0.25, 0.3) is 0 Å². The van der Waals surface area contributed by atoms with E-state index < -0.39 is 0 Å². The Balaban J connectivity index is 2.27. The molecule has 2 N–H and O–H groups in total. The van der Waals surface area contributed by atoms with Gasteiger partial charge in [-0.3, -0.25) is 4.90 Å². The first kappa shape index (κ1) is 11.6. The minimum atomic E-state index is 0.460. The molecule has 1 aliphatic rings. The summed E-state index contributed by atoms with van der Waals surface area (Å²) in [6, 6.07) is 0. The van der Waals surface area contributed by atoms with Crippen LogP contribution >= 0.6 is 0 Å². The molecule has 1 saturated carbocycles. The highest BCUT2D eigenvalue weighted by atomic mass is 15.1. The Hall–Kier alpha value is -0.520. The number of rotatable bonds is 6. The summed E-state index contributed by atoms with van der Waals surface area (Å²) < 4.78 is 0. The average Bonchev–Trinajstić information content (AvgIpc) is 2.15. The van der Waals surface area contributed by atoms with E-state index in [1.54, 1.807) is 0 Å². The highest BCUT2D eigenvalue weighted by molar-refractivity contribution is 4.91. The summed E-state index contributed by atoms with van der Waals surface area (Å²) in [5.41, 5.74) is 6.27. The van der Waals surface area contributed by atoms with Crippen molar-refractivity contribution in [3.05, 3.63) is 0 Å². The van der Waals surface area contributed by atoms with Gasteiger partial charge in [-0.1, -0.05) is 19.3 Å². The van der Waals surface area contributed by atoms with Gasteiger partial charge in [-0.25, -0.2) is 0 Å². The lowest BCUT2D eigenvalue weighted by Gasteiger charge is -2.42. The van der Waals surface area contributed by atoms with Crippen molar-refractivity contribution in [2.75, 3.05) is 26.2 Å². The summed E-state index contributed by atoms with van der Waals surface area (Å²) in [5.74, 6) is 2.70. The van der Waals surface area contributed by atoms with Gasteiger partial charge in [-0.05, 0) is 44.3 Å². The number of hydrogen-bond donors (Lipinski definition) is 1. The van der Waals surface area contributed by atoms with Gasteiger partial charge in [0.05, 0.1) is 6.54 Å². The van der Waals surface area contributed by atoms with E-state index in [4.69, 9.17) is 12.2 Å². The Kier molecular flexibility index (Phi) is 4.44. The maximum Gasteiger partial charge on any atom is 0.0598 e. The van der Waals surface area contributed by atoms with Crippen LogP contribution in [0.3, 0.4) is 0 Å². The van der Waals surface area contributed by atoms with Crippen LogP contribution in [0.4, 0.5) is 0 Å². The number of nitrogens with zero attached hydrogens (tertiary/aromatic N) is 1. The molecule has 0 spiro atoms. The monoisotopic (exact) mass is 194 g/mol. The summed E-state index contributed by atoms with van der Waals surface area (Å²) in [6.07, 6.45) is 10.5. The number of nitrogens with two attached hydrogens (primary N) is 1. The zero-order valence-electron chi connectivity index (χ0n) is 9.26. The standard InChI is InChI=1S/C12H22N2/c1-3-9-14(4-2)10-8-12(11-13)6-5-7-12/h1H,4-11,13H2,2H3. The van der Waals surface area contributed by atoms with E-state index in [0.29, 0.717) is 5.41 Å². The molecule has 2 heteroatoms. The first-order valence-corrected chi connectivity index (χ1v) is 5.62. The lowest BCUT2D eigenvalue weighted by molar-refractivity contribution is 0.110. The summed E-state index contributed by atoms with van der Waals surface area (Å²) in [4.78, 5) is 2.32. The molecule has 0 saturated heterocycles. The van der Waals surface area contributed by atoms with Crippen LogP contribution < -0.4 is 5.73 Å². The zero-order chi connectivity index (χ0) is 10.4. The molecule has 2 nitrogen and oxygen atoms in total. The quantitative estimate of drug-likeness (QED) is 0.649. The Morgan fingerprint density at radius 3 is 2.57 bits per heavy atom. The maximum atomic E-state index is 5.81. The van der Waals surface area contributed by atoms with Gasteiger partial charge >= 0.3 is 0 Å². The molecule has 0 aromatic heterocycles. The molecule has 0 radical (unpaired) electrons. The van der Waals surface area contributed by atoms with Crippen LogP contribution in [0.1, 0.15) is 32.6 Å². The molecule has 0 unspecified atom stereocenters. The summed E-state index contributed by atoms with van der Waals surface area (Å²) in [7, 11) is 0. The first-order valence-electron chi connectivity index (χ1n) is 5.62. The van der Waals surface area contributed by atoms with Crippen LogP contribution in [-0.2, 0) is 0 Å². The van der Waals surface area contributed by atoms with E-state index >= 15 is 0 Å². The van der Waals surface area contributed by atoms with Gasteiger partial charge < -0.3 is 5.73 Å². The third-order valence-electron chi connectivity index (χ3n) is 3.57. The van der Waals surface area contributed by atoms with Crippen LogP contribution in [0.5, 0.6) is 0 Å². The van der Waals surface area contributed by atoms with Gasteiger partial charge in [0.1, 0.15) is 0 Å². The van der Waals surface area contributed by atoms with Crippen molar-refractivity contribution in [2.24, 2.45) is 11.1 Å². The molecule has 0 aliphatic heterocycles. The van der Waals surface area contributed by atoms with E-state index in [1.165, 1.54) is 25.7 Å². The SMILES string of the molecule is C#CCN(CC)CCC1(CN)CCC1. The minimum Gasteiger partial charge on any atom is -0.330 e. The third-order valence-corrected chi connectivity index (χ3v) is 3.57. The molecule has 0 aromatic carbocycles. The fourth-order valence-corrected chi connectivity index (χ4v) is 2.11. The Morgan fingerprint density at radius 2 is 2.21 bits per heavy atom. The van der Waals surface area contributed by atoms with Crippen molar-refractivity contribution in [1.29, 1.82) is 0 Å². The Bertz CT molecular complexity index is 195. The van der Waals surface area contributed by atoms with Gasteiger partial charge in [0, 0.05) is 0 Å². The smallest absolute Gasteiger partial charge is 0.0598 e. The normalized spacial score (nSPS) is 19.0. The zero-order valence-corrected chi connectivity index (χ0v) is 9.26. The molecule has 0 bridgehead atoms. The molecule has 80 valence electrons. The molecular formula is C12H22N2. The van der Waals surface area contributed by atoms with E-state index in [9.17, 15) is 0 Å². The molecule has 1 aliphatic carbocycles. The maximum absolute atomic E-state index is 5.81. The van der Waals surface area contributed by atoms with Gasteiger partial charge in [-0.15, -0.1) is 6.42 Å². The predicted molar refractivity (Wildman–Crippen MR) is 60.9 cm³/mol. The summed E-state index contributed by atoms with van der Waals surface area (Å²) in [6.45, 7) is 5.94. The van der Waals surface area contributed by atoms with Crippen LogP contribution in [0.15, 0.2) is 0 Å². The second kappa shape index (κ2) is 5.38. The van der Waals surface area contributed by atoms with Crippen LogP contribution in [-0.4, -0.2) is 31.1 Å². The fourth-order valence-electron chi connectivity index (χ4n) is 2.11. The van der Waals surface area contributed by atoms with Gasteiger partial charge in [0.2, 0.25) is 0 Å². The van der Waals surface area contributed by atoms with Crippen molar-refractivity contribution < 1.29 is 0 Å². The van der Waals surface area contributed by atoms with Crippen molar-refractivity contribution in [2.45, 2.75) is 32.6 Å². The second-order valence-corrected chi connectivity index (χ2v) is 4.38. The molecule has 14 heavy (non-hydrogen) atoms.